The van der Waals surface area contributed by atoms with Gasteiger partial charge in [0.15, 0.2) is 0 Å². The van der Waals surface area contributed by atoms with Gasteiger partial charge in [0.05, 0.1) is 10.9 Å². The predicted octanol–water partition coefficient (Wildman–Crippen LogP) is 4.14. The molecule has 1 aliphatic heterocycles. The SMILES string of the molecule is C=C(Nc1cccs1)C1CCN(C(=C)CCl)CC1. The van der Waals surface area contributed by atoms with Crippen LogP contribution in [0.1, 0.15) is 12.8 Å². The van der Waals surface area contributed by atoms with Gasteiger partial charge in [-0.25, -0.2) is 0 Å². The highest BCUT2D eigenvalue weighted by molar-refractivity contribution is 7.14. The third-order valence-corrected chi connectivity index (χ3v) is 4.49. The Kier molecular flexibility index (Phi) is 4.72. The summed E-state index contributed by atoms with van der Waals surface area (Å²) >= 11 is 7.52. The molecule has 18 heavy (non-hydrogen) atoms. The first kappa shape index (κ1) is 13.5. The summed E-state index contributed by atoms with van der Waals surface area (Å²) in [4.78, 5) is 2.28. The Morgan fingerprint density at radius 3 is 2.72 bits per heavy atom. The zero-order valence-corrected chi connectivity index (χ0v) is 12.1. The third-order valence-electron chi connectivity index (χ3n) is 3.39. The zero-order valence-electron chi connectivity index (χ0n) is 10.5. The standard InChI is InChI=1S/C14H19ClN2S/c1-11(10-15)17-7-5-13(6-8-17)12(2)16-14-4-3-9-18-14/h3-4,9,13,16H,1-2,5-8,10H2. The van der Waals surface area contributed by atoms with E-state index in [0.717, 1.165) is 37.3 Å². The highest BCUT2D eigenvalue weighted by Crippen LogP contribution is 2.27. The molecule has 0 amide bonds. The zero-order chi connectivity index (χ0) is 13.0. The third kappa shape index (κ3) is 3.30. The van der Waals surface area contributed by atoms with Crippen LogP contribution < -0.4 is 5.32 Å². The molecular formula is C14H19ClN2S. The highest BCUT2D eigenvalue weighted by Gasteiger charge is 2.21. The van der Waals surface area contributed by atoms with Crippen LogP contribution in [0, 0.1) is 5.92 Å². The molecule has 0 spiro atoms. The second-order valence-corrected chi connectivity index (χ2v) is 5.80. The largest absolute Gasteiger partial charge is 0.374 e. The van der Waals surface area contributed by atoms with Crippen LogP contribution in [0.2, 0.25) is 0 Å². The highest BCUT2D eigenvalue weighted by atomic mass is 35.5. The molecule has 0 atom stereocenters. The molecule has 1 fully saturated rings. The summed E-state index contributed by atoms with van der Waals surface area (Å²) in [6.07, 6.45) is 2.24. The van der Waals surface area contributed by atoms with Gasteiger partial charge in [-0.15, -0.1) is 22.9 Å². The van der Waals surface area contributed by atoms with Crippen molar-refractivity contribution >= 4 is 27.9 Å². The average Bonchev–Trinajstić information content (AvgIpc) is 2.91. The molecule has 1 aliphatic rings. The van der Waals surface area contributed by atoms with Gasteiger partial charge in [-0.1, -0.05) is 13.2 Å². The number of nitrogens with zero attached hydrogens (tertiary/aromatic N) is 1. The van der Waals surface area contributed by atoms with Crippen molar-refractivity contribution < 1.29 is 0 Å². The number of allylic oxidation sites excluding steroid dienone is 2. The average molecular weight is 283 g/mol. The summed E-state index contributed by atoms with van der Waals surface area (Å²) in [5.41, 5.74) is 2.17. The molecule has 4 heteroatoms. The maximum Gasteiger partial charge on any atom is 0.0924 e. The van der Waals surface area contributed by atoms with Crippen molar-refractivity contribution in [3.05, 3.63) is 42.1 Å². The fourth-order valence-electron chi connectivity index (χ4n) is 2.24. The number of nitrogens with one attached hydrogen (secondary N) is 1. The van der Waals surface area contributed by atoms with Crippen LogP contribution in [0.4, 0.5) is 5.00 Å². The van der Waals surface area contributed by atoms with Gasteiger partial charge in [0, 0.05) is 30.4 Å². The molecule has 0 bridgehead atoms. The molecule has 0 aliphatic carbocycles. The Morgan fingerprint density at radius 1 is 1.44 bits per heavy atom. The minimum absolute atomic E-state index is 0.527. The Hall–Kier alpha value is -0.930. The number of anilines is 1. The normalized spacial score (nSPS) is 16.6. The van der Waals surface area contributed by atoms with Crippen LogP contribution in [-0.4, -0.2) is 23.9 Å². The quantitative estimate of drug-likeness (QED) is 0.817. The number of hydrogen-bond donors (Lipinski definition) is 1. The molecule has 2 nitrogen and oxygen atoms in total. The summed E-state index contributed by atoms with van der Waals surface area (Å²) in [7, 11) is 0. The molecule has 0 aromatic carbocycles. The van der Waals surface area contributed by atoms with E-state index in [9.17, 15) is 0 Å². The first-order valence-corrected chi connectivity index (χ1v) is 7.60. The summed E-state index contributed by atoms with van der Waals surface area (Å²) in [5, 5.41) is 6.65. The van der Waals surface area contributed by atoms with Crippen molar-refractivity contribution in [2.24, 2.45) is 5.92 Å². The van der Waals surface area contributed by atoms with Gasteiger partial charge >= 0.3 is 0 Å². The topological polar surface area (TPSA) is 15.3 Å². The van der Waals surface area contributed by atoms with Crippen molar-refractivity contribution in [3.8, 4) is 0 Å². The second kappa shape index (κ2) is 6.30. The summed E-state index contributed by atoms with van der Waals surface area (Å²) < 4.78 is 0. The molecular weight excluding hydrogens is 264 g/mol. The van der Waals surface area contributed by atoms with Crippen molar-refractivity contribution in [2.45, 2.75) is 12.8 Å². The molecule has 1 saturated heterocycles. The number of piperidine rings is 1. The van der Waals surface area contributed by atoms with Gasteiger partial charge in [-0.3, -0.25) is 0 Å². The maximum absolute atomic E-state index is 5.81. The molecule has 0 radical (unpaired) electrons. The van der Waals surface area contributed by atoms with Gasteiger partial charge in [-0.2, -0.15) is 0 Å². The second-order valence-electron chi connectivity index (χ2n) is 4.59. The number of rotatable bonds is 5. The van der Waals surface area contributed by atoms with Crippen LogP contribution in [0.3, 0.4) is 0 Å². The van der Waals surface area contributed by atoms with E-state index in [4.69, 9.17) is 11.6 Å². The lowest BCUT2D eigenvalue weighted by Crippen LogP contribution is -2.34. The Bertz CT molecular complexity index is 405. The summed E-state index contributed by atoms with van der Waals surface area (Å²) in [6.45, 7) is 10.2. The van der Waals surface area contributed by atoms with Crippen molar-refractivity contribution in [1.29, 1.82) is 0 Å². The van der Waals surface area contributed by atoms with Gasteiger partial charge in [-0.05, 0) is 30.4 Å². The van der Waals surface area contributed by atoms with Crippen molar-refractivity contribution in [1.82, 2.24) is 4.90 Å². The number of hydrogen-bond acceptors (Lipinski definition) is 3. The lowest BCUT2D eigenvalue weighted by Gasteiger charge is -2.35. The van der Waals surface area contributed by atoms with E-state index in [1.807, 2.05) is 6.07 Å². The summed E-state index contributed by atoms with van der Waals surface area (Å²) in [6, 6.07) is 4.13. The first-order chi connectivity index (χ1) is 8.70. The van der Waals surface area contributed by atoms with Gasteiger partial charge < -0.3 is 10.2 Å². The van der Waals surface area contributed by atoms with E-state index in [-0.39, 0.29) is 0 Å². The Morgan fingerprint density at radius 2 is 2.17 bits per heavy atom. The Balaban J connectivity index is 1.82. The minimum Gasteiger partial charge on any atom is -0.374 e. The fraction of sp³-hybridized carbons (Fsp3) is 0.429. The molecule has 2 rings (SSSR count). The maximum atomic E-state index is 5.81. The number of halogens is 1. The minimum atomic E-state index is 0.527. The fourth-order valence-corrected chi connectivity index (χ4v) is 3.06. The smallest absolute Gasteiger partial charge is 0.0924 e. The van der Waals surface area contributed by atoms with Crippen LogP contribution in [-0.2, 0) is 0 Å². The predicted molar refractivity (Wildman–Crippen MR) is 81.2 cm³/mol. The molecule has 0 saturated carbocycles. The Labute approximate surface area is 118 Å². The molecule has 98 valence electrons. The van der Waals surface area contributed by atoms with Gasteiger partial charge in [0.25, 0.3) is 0 Å². The van der Waals surface area contributed by atoms with Crippen LogP contribution in [0.5, 0.6) is 0 Å². The van der Waals surface area contributed by atoms with E-state index >= 15 is 0 Å². The number of alkyl halides is 1. The molecule has 1 N–H and O–H groups in total. The summed E-state index contributed by atoms with van der Waals surface area (Å²) in [5.74, 6) is 1.07. The van der Waals surface area contributed by atoms with Gasteiger partial charge in [0.1, 0.15) is 0 Å². The van der Waals surface area contributed by atoms with E-state index in [0.29, 0.717) is 11.8 Å². The number of likely N-dealkylation sites (tertiary alicyclic amines) is 1. The van der Waals surface area contributed by atoms with Crippen LogP contribution >= 0.6 is 22.9 Å². The van der Waals surface area contributed by atoms with Crippen LogP contribution in [0.25, 0.3) is 0 Å². The van der Waals surface area contributed by atoms with E-state index in [2.05, 4.69) is 34.8 Å². The lowest BCUT2D eigenvalue weighted by molar-refractivity contribution is 0.248. The first-order valence-electron chi connectivity index (χ1n) is 6.18. The van der Waals surface area contributed by atoms with E-state index in [1.54, 1.807) is 11.3 Å². The number of thiophene rings is 1. The molecule has 1 aromatic heterocycles. The molecule has 1 aromatic rings. The molecule has 2 heterocycles. The van der Waals surface area contributed by atoms with E-state index in [1.165, 1.54) is 5.00 Å². The monoisotopic (exact) mass is 282 g/mol. The van der Waals surface area contributed by atoms with E-state index < -0.39 is 0 Å². The van der Waals surface area contributed by atoms with Crippen LogP contribution in [0.15, 0.2) is 42.1 Å². The van der Waals surface area contributed by atoms with Gasteiger partial charge in [0.2, 0.25) is 0 Å². The molecule has 0 unspecified atom stereocenters. The lowest BCUT2D eigenvalue weighted by atomic mass is 9.94. The van der Waals surface area contributed by atoms with Crippen molar-refractivity contribution in [3.63, 3.8) is 0 Å². The van der Waals surface area contributed by atoms with Crippen molar-refractivity contribution in [2.75, 3.05) is 24.3 Å².